The van der Waals surface area contributed by atoms with Gasteiger partial charge in [0.2, 0.25) is 5.56 Å². The number of amidine groups is 1. The summed E-state index contributed by atoms with van der Waals surface area (Å²) < 4.78 is 0. The van der Waals surface area contributed by atoms with E-state index < -0.39 is 0 Å². The van der Waals surface area contributed by atoms with Gasteiger partial charge in [0.05, 0.1) is 5.56 Å². The Morgan fingerprint density at radius 3 is 2.43 bits per heavy atom. The van der Waals surface area contributed by atoms with Gasteiger partial charge >= 0.3 is 0 Å². The smallest absolute Gasteiger partial charge is 0.253 e. The maximum absolute atomic E-state index is 11.8. The standard InChI is InChI=1S/C14H14N4O3/c15-13(18-21)10-3-1-9(2-4-10)7-17-14(20)11-5-6-12(19)16-8-11/h1-6,8,21H,7H2,(H2,15,18)(H,16,19)(H,17,20). The van der Waals surface area contributed by atoms with Crippen LogP contribution in [-0.4, -0.2) is 21.9 Å². The van der Waals surface area contributed by atoms with Crippen LogP contribution in [0.25, 0.3) is 0 Å². The molecule has 0 aliphatic heterocycles. The number of nitrogens with two attached hydrogens (primary N) is 1. The van der Waals surface area contributed by atoms with Gasteiger partial charge in [0.1, 0.15) is 0 Å². The summed E-state index contributed by atoms with van der Waals surface area (Å²) >= 11 is 0. The molecule has 0 bridgehead atoms. The molecule has 0 aliphatic rings. The fourth-order valence-electron chi connectivity index (χ4n) is 1.69. The Kier molecular flexibility index (Phi) is 4.35. The number of amides is 1. The number of carbonyl (C=O) groups excluding carboxylic acids is 1. The van der Waals surface area contributed by atoms with E-state index in [-0.39, 0.29) is 17.3 Å². The van der Waals surface area contributed by atoms with Gasteiger partial charge in [0, 0.05) is 24.4 Å². The van der Waals surface area contributed by atoms with Crippen molar-refractivity contribution in [3.05, 3.63) is 69.6 Å². The highest BCUT2D eigenvalue weighted by Gasteiger charge is 2.05. The molecule has 0 fully saturated rings. The van der Waals surface area contributed by atoms with Gasteiger partial charge in [0.25, 0.3) is 5.91 Å². The highest BCUT2D eigenvalue weighted by Crippen LogP contribution is 2.04. The molecular formula is C14H14N4O3. The number of pyridine rings is 1. The summed E-state index contributed by atoms with van der Waals surface area (Å²) in [4.78, 5) is 25.2. The predicted octanol–water partition coefficient (Wildman–Crippen LogP) is 0.399. The Hall–Kier alpha value is -3.09. The van der Waals surface area contributed by atoms with Crippen molar-refractivity contribution in [1.82, 2.24) is 10.3 Å². The molecule has 0 spiro atoms. The Morgan fingerprint density at radius 1 is 1.19 bits per heavy atom. The first-order valence-electron chi connectivity index (χ1n) is 6.14. The van der Waals surface area contributed by atoms with Gasteiger partial charge in [0.15, 0.2) is 5.84 Å². The Morgan fingerprint density at radius 2 is 1.86 bits per heavy atom. The minimum Gasteiger partial charge on any atom is -0.409 e. The van der Waals surface area contributed by atoms with E-state index >= 15 is 0 Å². The first-order chi connectivity index (χ1) is 10.1. The van der Waals surface area contributed by atoms with Crippen LogP contribution >= 0.6 is 0 Å². The molecule has 1 aromatic carbocycles. The van der Waals surface area contributed by atoms with Crippen molar-refractivity contribution in [3.8, 4) is 0 Å². The lowest BCUT2D eigenvalue weighted by molar-refractivity contribution is 0.0950. The number of H-pyrrole nitrogens is 1. The zero-order chi connectivity index (χ0) is 15.2. The minimum atomic E-state index is -0.285. The van der Waals surface area contributed by atoms with Crippen molar-refractivity contribution in [2.75, 3.05) is 0 Å². The lowest BCUT2D eigenvalue weighted by Crippen LogP contribution is -2.23. The van der Waals surface area contributed by atoms with Crippen LogP contribution in [0.1, 0.15) is 21.5 Å². The van der Waals surface area contributed by atoms with Crippen LogP contribution < -0.4 is 16.6 Å². The number of nitrogens with one attached hydrogen (secondary N) is 2. The molecular weight excluding hydrogens is 272 g/mol. The normalized spacial score (nSPS) is 11.1. The minimum absolute atomic E-state index is 0.0267. The zero-order valence-electron chi connectivity index (χ0n) is 11.0. The number of oxime groups is 1. The molecule has 2 rings (SSSR count). The topological polar surface area (TPSA) is 121 Å². The lowest BCUT2D eigenvalue weighted by atomic mass is 10.1. The van der Waals surface area contributed by atoms with E-state index in [0.29, 0.717) is 17.7 Å². The van der Waals surface area contributed by atoms with Crippen LogP contribution in [0.2, 0.25) is 0 Å². The molecule has 0 radical (unpaired) electrons. The van der Waals surface area contributed by atoms with E-state index in [0.717, 1.165) is 5.56 Å². The summed E-state index contributed by atoms with van der Waals surface area (Å²) in [5.41, 5.74) is 7.03. The molecule has 0 unspecified atom stereocenters. The van der Waals surface area contributed by atoms with Crippen molar-refractivity contribution < 1.29 is 10.0 Å². The molecule has 0 aliphatic carbocycles. The average molecular weight is 286 g/mol. The molecule has 7 nitrogen and oxygen atoms in total. The molecule has 1 heterocycles. The van der Waals surface area contributed by atoms with Crippen molar-refractivity contribution in [2.24, 2.45) is 10.9 Å². The fraction of sp³-hybridized carbons (Fsp3) is 0.0714. The molecule has 0 saturated heterocycles. The molecule has 1 aromatic heterocycles. The van der Waals surface area contributed by atoms with Gasteiger partial charge in [-0.1, -0.05) is 29.4 Å². The van der Waals surface area contributed by atoms with Crippen LogP contribution in [0.15, 0.2) is 52.5 Å². The molecule has 1 amide bonds. The molecule has 0 atom stereocenters. The second-order valence-corrected chi connectivity index (χ2v) is 4.31. The molecule has 2 aromatic rings. The summed E-state index contributed by atoms with van der Waals surface area (Å²) in [7, 11) is 0. The number of benzene rings is 1. The van der Waals surface area contributed by atoms with Crippen LogP contribution in [0.4, 0.5) is 0 Å². The Bertz CT molecular complexity index is 699. The number of aromatic amines is 1. The predicted molar refractivity (Wildman–Crippen MR) is 77.2 cm³/mol. The van der Waals surface area contributed by atoms with Gasteiger partial charge < -0.3 is 21.2 Å². The maximum atomic E-state index is 11.8. The molecule has 7 heteroatoms. The van der Waals surface area contributed by atoms with E-state index in [2.05, 4.69) is 15.5 Å². The monoisotopic (exact) mass is 286 g/mol. The van der Waals surface area contributed by atoms with Crippen molar-refractivity contribution in [1.29, 1.82) is 0 Å². The summed E-state index contributed by atoms with van der Waals surface area (Å²) in [6.07, 6.45) is 1.36. The van der Waals surface area contributed by atoms with Crippen LogP contribution in [0, 0.1) is 0 Å². The van der Waals surface area contributed by atoms with Crippen LogP contribution in [0.5, 0.6) is 0 Å². The van der Waals surface area contributed by atoms with Gasteiger partial charge in [-0.2, -0.15) is 0 Å². The quantitative estimate of drug-likeness (QED) is 0.281. The molecule has 5 N–H and O–H groups in total. The Labute approximate surface area is 120 Å². The number of hydrogen-bond donors (Lipinski definition) is 4. The number of aromatic nitrogens is 1. The number of hydrogen-bond acceptors (Lipinski definition) is 4. The van der Waals surface area contributed by atoms with Crippen LogP contribution in [0.3, 0.4) is 0 Å². The van der Waals surface area contributed by atoms with Crippen LogP contribution in [-0.2, 0) is 6.54 Å². The molecule has 0 saturated carbocycles. The summed E-state index contributed by atoms with van der Waals surface area (Å²) in [6.45, 7) is 0.328. The summed E-state index contributed by atoms with van der Waals surface area (Å²) in [6, 6.07) is 9.66. The average Bonchev–Trinajstić information content (AvgIpc) is 2.53. The second-order valence-electron chi connectivity index (χ2n) is 4.31. The number of nitrogens with zero attached hydrogens (tertiary/aromatic N) is 1. The SMILES string of the molecule is N/C(=N/O)c1ccc(CNC(=O)c2ccc(=O)[nH]c2)cc1. The first-order valence-corrected chi connectivity index (χ1v) is 6.14. The van der Waals surface area contributed by atoms with Crippen molar-refractivity contribution in [3.63, 3.8) is 0 Å². The van der Waals surface area contributed by atoms with E-state index in [1.165, 1.54) is 18.3 Å². The van der Waals surface area contributed by atoms with Gasteiger partial charge in [-0.05, 0) is 11.6 Å². The third-order valence-corrected chi connectivity index (χ3v) is 2.86. The lowest BCUT2D eigenvalue weighted by Gasteiger charge is -2.06. The van der Waals surface area contributed by atoms with Gasteiger partial charge in [-0.3, -0.25) is 9.59 Å². The molecule has 21 heavy (non-hydrogen) atoms. The fourth-order valence-corrected chi connectivity index (χ4v) is 1.69. The summed E-state index contributed by atoms with van der Waals surface area (Å²) in [5, 5.41) is 14.2. The highest BCUT2D eigenvalue weighted by atomic mass is 16.4. The largest absolute Gasteiger partial charge is 0.409 e. The number of carbonyl (C=O) groups is 1. The van der Waals surface area contributed by atoms with E-state index in [4.69, 9.17) is 10.9 Å². The first kappa shape index (κ1) is 14.3. The zero-order valence-corrected chi connectivity index (χ0v) is 11.0. The highest BCUT2D eigenvalue weighted by molar-refractivity contribution is 5.97. The van der Waals surface area contributed by atoms with Gasteiger partial charge in [-0.25, -0.2) is 0 Å². The third kappa shape index (κ3) is 3.69. The van der Waals surface area contributed by atoms with Crippen molar-refractivity contribution in [2.45, 2.75) is 6.54 Å². The Balaban J connectivity index is 1.98. The third-order valence-electron chi connectivity index (χ3n) is 2.86. The van der Waals surface area contributed by atoms with E-state index in [9.17, 15) is 9.59 Å². The van der Waals surface area contributed by atoms with E-state index in [1.54, 1.807) is 24.3 Å². The number of rotatable bonds is 4. The van der Waals surface area contributed by atoms with Gasteiger partial charge in [-0.15, -0.1) is 0 Å². The second kappa shape index (κ2) is 6.38. The van der Waals surface area contributed by atoms with Crippen molar-refractivity contribution >= 4 is 11.7 Å². The van der Waals surface area contributed by atoms with E-state index in [1.807, 2.05) is 0 Å². The molecule has 108 valence electrons. The maximum Gasteiger partial charge on any atom is 0.253 e. The summed E-state index contributed by atoms with van der Waals surface area (Å²) in [5.74, 6) is -0.259.